The molecule has 4 aromatic rings. The van der Waals surface area contributed by atoms with Crippen molar-refractivity contribution in [1.29, 1.82) is 0 Å². The van der Waals surface area contributed by atoms with Crippen LogP contribution >= 0.6 is 22.9 Å². The van der Waals surface area contributed by atoms with Crippen molar-refractivity contribution < 1.29 is 14.3 Å². The minimum absolute atomic E-state index is 0.260. The number of aromatic nitrogens is 1. The van der Waals surface area contributed by atoms with Gasteiger partial charge in [-0.05, 0) is 102 Å². The number of hydrogen-bond donors (Lipinski definition) is 2. The third-order valence-electron chi connectivity index (χ3n) is 7.35. The number of carbonyl (C=O) groups is 1. The third-order valence-corrected chi connectivity index (χ3v) is 8.74. The van der Waals surface area contributed by atoms with E-state index in [-0.39, 0.29) is 6.61 Å². The van der Waals surface area contributed by atoms with E-state index in [0.29, 0.717) is 16.8 Å². The van der Waals surface area contributed by atoms with Gasteiger partial charge in [-0.2, -0.15) is 0 Å². The fourth-order valence-corrected chi connectivity index (χ4v) is 6.71. The van der Waals surface area contributed by atoms with Gasteiger partial charge in [0.2, 0.25) is 0 Å². The summed E-state index contributed by atoms with van der Waals surface area (Å²) in [7, 11) is 2.14. The molecule has 2 unspecified atom stereocenters. The summed E-state index contributed by atoms with van der Waals surface area (Å²) in [5.41, 5.74) is 12.8. The number of halogens is 1. The van der Waals surface area contributed by atoms with Gasteiger partial charge in [-0.1, -0.05) is 23.7 Å². The number of esters is 1. The summed E-state index contributed by atoms with van der Waals surface area (Å²) in [4.78, 5) is 20.8. The van der Waals surface area contributed by atoms with Gasteiger partial charge in [-0.3, -0.25) is 0 Å². The van der Waals surface area contributed by atoms with E-state index in [9.17, 15) is 4.79 Å². The van der Waals surface area contributed by atoms with Crippen molar-refractivity contribution in [3.63, 3.8) is 0 Å². The normalized spacial score (nSPS) is 16.6. The molecule has 0 aliphatic carbocycles. The molecule has 2 atom stereocenters. The van der Waals surface area contributed by atoms with E-state index in [1.165, 1.54) is 0 Å². The molecule has 0 amide bonds. The molecule has 0 bridgehead atoms. The Hall–Kier alpha value is -3.17. The van der Waals surface area contributed by atoms with Crippen LogP contribution in [0.15, 0.2) is 48.5 Å². The molecule has 9 heteroatoms. The minimum Gasteiger partial charge on any atom is -0.464 e. The topological polar surface area (TPSA) is 89.7 Å². The highest BCUT2D eigenvalue weighted by Crippen LogP contribution is 2.45. The number of aryl methyl sites for hydroxylation is 1. The first-order valence-corrected chi connectivity index (χ1v) is 15.5. The number of anilines is 2. The fourth-order valence-electron chi connectivity index (χ4n) is 5.46. The Kier molecular flexibility index (Phi) is 8.81. The number of ether oxygens (including phenoxy) is 2. The molecule has 42 heavy (non-hydrogen) atoms. The number of fused-ring (bicyclic) bond motifs is 1. The van der Waals surface area contributed by atoms with E-state index in [2.05, 4.69) is 23.3 Å². The molecular formula is C33H39ClN4O3S. The maximum absolute atomic E-state index is 13.4. The zero-order valence-corrected chi connectivity index (χ0v) is 26.7. The largest absolute Gasteiger partial charge is 0.464 e. The van der Waals surface area contributed by atoms with E-state index >= 15 is 0 Å². The number of nitrogens with two attached hydrogens (primary N) is 1. The molecule has 5 rings (SSSR count). The Morgan fingerprint density at radius 1 is 1.19 bits per heavy atom. The van der Waals surface area contributed by atoms with Gasteiger partial charge >= 0.3 is 5.97 Å². The number of hydrogen-bond acceptors (Lipinski definition) is 8. The number of nitrogens with zero attached hydrogens (tertiary/aromatic N) is 2. The SMILES string of the molecule is CCOC(=O)C(OC(C)(C)C)c1c(C)cc2nc(-c3ccc(N)c(NC4CCN(C)C4)c3)sc2c1-c1ccc(Cl)cc1. The summed E-state index contributed by atoms with van der Waals surface area (Å²) in [6.45, 7) is 11.9. The van der Waals surface area contributed by atoms with Crippen LogP contribution in [0, 0.1) is 6.92 Å². The van der Waals surface area contributed by atoms with E-state index in [1.54, 1.807) is 18.3 Å². The molecule has 0 radical (unpaired) electrons. The van der Waals surface area contributed by atoms with Crippen LogP contribution in [0.5, 0.6) is 0 Å². The van der Waals surface area contributed by atoms with Crippen LogP contribution in [-0.4, -0.2) is 54.2 Å². The van der Waals surface area contributed by atoms with Crippen molar-refractivity contribution in [1.82, 2.24) is 9.88 Å². The number of likely N-dealkylation sites (tertiary alicyclic amines) is 1. The average molecular weight is 607 g/mol. The van der Waals surface area contributed by atoms with E-state index in [0.717, 1.165) is 68.2 Å². The summed E-state index contributed by atoms with van der Waals surface area (Å²) in [5, 5.41) is 5.14. The first-order valence-electron chi connectivity index (χ1n) is 14.3. The number of rotatable bonds is 8. The molecule has 3 N–H and O–H groups in total. The Morgan fingerprint density at radius 2 is 1.90 bits per heavy atom. The zero-order valence-electron chi connectivity index (χ0n) is 25.1. The van der Waals surface area contributed by atoms with Gasteiger partial charge in [0.25, 0.3) is 0 Å². The van der Waals surface area contributed by atoms with Gasteiger partial charge in [-0.25, -0.2) is 9.78 Å². The van der Waals surface area contributed by atoms with Crippen LogP contribution in [-0.2, 0) is 14.3 Å². The number of carbonyl (C=O) groups excluding carboxylic acids is 1. The van der Waals surface area contributed by atoms with E-state index in [4.69, 9.17) is 31.8 Å². The average Bonchev–Trinajstić information content (AvgIpc) is 3.53. The molecule has 1 fully saturated rings. The lowest BCUT2D eigenvalue weighted by Gasteiger charge is -2.29. The summed E-state index contributed by atoms with van der Waals surface area (Å²) in [6.07, 6.45) is 0.161. The van der Waals surface area contributed by atoms with Crippen LogP contribution in [0.4, 0.5) is 11.4 Å². The highest BCUT2D eigenvalue weighted by atomic mass is 35.5. The smallest absolute Gasteiger partial charge is 0.339 e. The first-order chi connectivity index (χ1) is 19.9. The predicted molar refractivity (Wildman–Crippen MR) is 174 cm³/mol. The monoisotopic (exact) mass is 606 g/mol. The highest BCUT2D eigenvalue weighted by Gasteiger charge is 2.33. The van der Waals surface area contributed by atoms with Crippen molar-refractivity contribution in [2.45, 2.75) is 58.8 Å². The van der Waals surface area contributed by atoms with Gasteiger partial charge in [-0.15, -0.1) is 11.3 Å². The number of benzene rings is 3. The quantitative estimate of drug-likeness (QED) is 0.157. The number of likely N-dealkylation sites (N-methyl/N-ethyl adjacent to an activating group) is 1. The second-order valence-corrected chi connectivity index (χ2v) is 13.3. The summed E-state index contributed by atoms with van der Waals surface area (Å²) >= 11 is 7.87. The Bertz CT molecular complexity index is 1600. The van der Waals surface area contributed by atoms with Crippen LogP contribution < -0.4 is 11.1 Å². The van der Waals surface area contributed by atoms with Crippen LogP contribution in [0.3, 0.4) is 0 Å². The molecule has 222 valence electrons. The second kappa shape index (κ2) is 12.2. The van der Waals surface area contributed by atoms with Gasteiger partial charge in [0.05, 0.1) is 33.8 Å². The molecule has 0 spiro atoms. The Labute approximate surface area is 257 Å². The second-order valence-electron chi connectivity index (χ2n) is 11.9. The van der Waals surface area contributed by atoms with Crippen molar-refractivity contribution in [3.8, 4) is 21.7 Å². The summed E-state index contributed by atoms with van der Waals surface area (Å²) in [6, 6.07) is 16.1. The lowest BCUT2D eigenvalue weighted by Crippen LogP contribution is -2.29. The number of thiazole rings is 1. The molecule has 1 aromatic heterocycles. The van der Waals surface area contributed by atoms with Crippen LogP contribution in [0.1, 0.15) is 51.3 Å². The molecule has 1 aliphatic rings. The molecule has 3 aromatic carbocycles. The maximum Gasteiger partial charge on any atom is 0.339 e. The number of nitrogen functional groups attached to an aromatic ring is 1. The lowest BCUT2D eigenvalue weighted by molar-refractivity contribution is -0.166. The molecule has 1 aliphatic heterocycles. The lowest BCUT2D eigenvalue weighted by atomic mass is 9.91. The Morgan fingerprint density at radius 3 is 2.55 bits per heavy atom. The van der Waals surface area contributed by atoms with Gasteiger partial charge < -0.3 is 25.4 Å². The fraction of sp³-hybridized carbons (Fsp3) is 0.394. The molecule has 2 heterocycles. The first kappa shape index (κ1) is 30.3. The van der Waals surface area contributed by atoms with Gasteiger partial charge in [0.1, 0.15) is 5.01 Å². The molecule has 0 saturated carbocycles. The standard InChI is InChI=1S/C33H39ClN4O3S/c1-7-40-32(39)29(41-33(3,4)5)27-19(2)16-26-30(28(27)20-8-11-22(34)12-9-20)42-31(37-26)21-10-13-24(35)25(17-21)36-23-14-15-38(6)18-23/h8-13,16-17,23,29,36H,7,14-15,18,35H2,1-6H3. The van der Waals surface area contributed by atoms with Crippen molar-refractivity contribution >= 4 is 50.5 Å². The summed E-state index contributed by atoms with van der Waals surface area (Å²) < 4.78 is 12.9. The molecular weight excluding hydrogens is 568 g/mol. The highest BCUT2D eigenvalue weighted by molar-refractivity contribution is 7.22. The Balaban J connectivity index is 1.67. The van der Waals surface area contributed by atoms with Crippen molar-refractivity contribution in [3.05, 3.63) is 64.7 Å². The maximum atomic E-state index is 13.4. The molecule has 7 nitrogen and oxygen atoms in total. The van der Waals surface area contributed by atoms with E-state index in [1.807, 2.05) is 70.2 Å². The minimum atomic E-state index is -0.914. The van der Waals surface area contributed by atoms with E-state index < -0.39 is 17.7 Å². The van der Waals surface area contributed by atoms with Crippen LogP contribution in [0.2, 0.25) is 5.02 Å². The summed E-state index contributed by atoms with van der Waals surface area (Å²) in [5.74, 6) is -0.415. The van der Waals surface area contributed by atoms with Gasteiger partial charge in [0, 0.05) is 34.3 Å². The van der Waals surface area contributed by atoms with Crippen molar-refractivity contribution in [2.75, 3.05) is 37.8 Å². The van der Waals surface area contributed by atoms with Crippen molar-refractivity contribution in [2.24, 2.45) is 0 Å². The van der Waals surface area contributed by atoms with Crippen LogP contribution in [0.25, 0.3) is 31.9 Å². The predicted octanol–water partition coefficient (Wildman–Crippen LogP) is 7.71. The number of nitrogens with one attached hydrogen (secondary N) is 1. The molecule has 1 saturated heterocycles. The van der Waals surface area contributed by atoms with Gasteiger partial charge in [0.15, 0.2) is 6.10 Å². The third kappa shape index (κ3) is 6.57. The zero-order chi connectivity index (χ0) is 30.2.